The number of hydrogen-bond acceptors (Lipinski definition) is 3. The molecule has 2 unspecified atom stereocenters. The van der Waals surface area contributed by atoms with Gasteiger partial charge in [-0.15, -0.1) is 11.3 Å². The summed E-state index contributed by atoms with van der Waals surface area (Å²) < 4.78 is 6.92. The second-order valence-electron chi connectivity index (χ2n) is 5.01. The summed E-state index contributed by atoms with van der Waals surface area (Å²) in [6, 6.07) is 2.77. The number of halogens is 1. The predicted octanol–water partition coefficient (Wildman–Crippen LogP) is 4.29. The molecular weight excluding hydrogens is 310 g/mol. The third-order valence-electron chi connectivity index (χ3n) is 3.46. The molecule has 1 saturated heterocycles. The zero-order valence-corrected chi connectivity index (χ0v) is 13.6. The summed E-state index contributed by atoms with van der Waals surface area (Å²) in [5.74, 6) is 0.621. The van der Waals surface area contributed by atoms with E-state index in [9.17, 15) is 0 Å². The van der Waals surface area contributed by atoms with Crippen LogP contribution in [0, 0.1) is 12.8 Å². The maximum absolute atomic E-state index is 5.65. The Kier molecular flexibility index (Phi) is 5.67. The van der Waals surface area contributed by atoms with E-state index in [0.717, 1.165) is 19.8 Å². The van der Waals surface area contributed by atoms with Crippen molar-refractivity contribution in [3.8, 4) is 0 Å². The van der Waals surface area contributed by atoms with Gasteiger partial charge in [0.1, 0.15) is 0 Å². The van der Waals surface area contributed by atoms with Gasteiger partial charge in [-0.1, -0.05) is 6.92 Å². The quantitative estimate of drug-likeness (QED) is 0.869. The Balaban J connectivity index is 2.12. The lowest BCUT2D eigenvalue weighted by molar-refractivity contribution is 0.0395. The zero-order valence-electron chi connectivity index (χ0n) is 11.2. The maximum atomic E-state index is 5.65. The average Bonchev–Trinajstić information content (AvgIpc) is 2.71. The largest absolute Gasteiger partial charge is 0.381 e. The van der Waals surface area contributed by atoms with Crippen LogP contribution in [0.15, 0.2) is 9.85 Å². The van der Waals surface area contributed by atoms with Crippen LogP contribution in [0.1, 0.15) is 42.7 Å². The van der Waals surface area contributed by atoms with Crippen LogP contribution in [0.4, 0.5) is 0 Å². The normalized spacial score (nSPS) is 22.1. The lowest BCUT2D eigenvalue weighted by Crippen LogP contribution is -2.33. The van der Waals surface area contributed by atoms with Crippen LogP contribution in [0.5, 0.6) is 0 Å². The minimum absolute atomic E-state index is 0.459. The van der Waals surface area contributed by atoms with Gasteiger partial charge in [0.15, 0.2) is 0 Å². The Morgan fingerprint density at radius 2 is 2.44 bits per heavy atom. The first-order valence-electron chi connectivity index (χ1n) is 6.79. The van der Waals surface area contributed by atoms with E-state index in [1.54, 1.807) is 0 Å². The molecule has 1 fully saturated rings. The van der Waals surface area contributed by atoms with Gasteiger partial charge in [0.05, 0.1) is 10.4 Å². The van der Waals surface area contributed by atoms with E-state index >= 15 is 0 Å². The summed E-state index contributed by atoms with van der Waals surface area (Å²) in [6.07, 6.45) is 3.64. The predicted molar refractivity (Wildman–Crippen MR) is 81.3 cm³/mol. The van der Waals surface area contributed by atoms with Gasteiger partial charge in [0, 0.05) is 23.4 Å². The van der Waals surface area contributed by atoms with Crippen molar-refractivity contribution in [2.45, 2.75) is 39.2 Å². The Labute approximate surface area is 122 Å². The van der Waals surface area contributed by atoms with Gasteiger partial charge in [-0.25, -0.2) is 0 Å². The third kappa shape index (κ3) is 3.56. The summed E-state index contributed by atoms with van der Waals surface area (Å²) in [5.41, 5.74) is 1.34. The standard InChI is InChI=1S/C14H22BrNOS/c1-3-6-16-13(11-5-4-7-17-9-11)12-8-10(2)14(15)18-12/h8,11,13,16H,3-7,9H2,1-2H3. The Hall–Kier alpha value is 0.1000. The molecule has 2 atom stereocenters. The molecule has 1 aliphatic rings. The van der Waals surface area contributed by atoms with Crippen LogP contribution in [0.3, 0.4) is 0 Å². The smallest absolute Gasteiger partial charge is 0.0731 e. The van der Waals surface area contributed by atoms with Crippen molar-refractivity contribution >= 4 is 27.3 Å². The summed E-state index contributed by atoms with van der Waals surface area (Å²) in [6.45, 7) is 7.30. The van der Waals surface area contributed by atoms with Crippen LogP contribution >= 0.6 is 27.3 Å². The molecule has 2 rings (SSSR count). The second kappa shape index (κ2) is 7.04. The molecule has 0 aromatic carbocycles. The van der Waals surface area contributed by atoms with E-state index in [2.05, 4.69) is 41.2 Å². The van der Waals surface area contributed by atoms with E-state index in [-0.39, 0.29) is 0 Å². The Morgan fingerprint density at radius 1 is 1.61 bits per heavy atom. The number of hydrogen-bond donors (Lipinski definition) is 1. The van der Waals surface area contributed by atoms with E-state index in [1.165, 1.54) is 33.5 Å². The van der Waals surface area contributed by atoms with E-state index in [4.69, 9.17) is 4.74 Å². The number of nitrogens with one attached hydrogen (secondary N) is 1. The van der Waals surface area contributed by atoms with Gasteiger partial charge >= 0.3 is 0 Å². The number of thiophene rings is 1. The minimum Gasteiger partial charge on any atom is -0.381 e. The lowest BCUT2D eigenvalue weighted by Gasteiger charge is -2.30. The molecule has 0 aliphatic carbocycles. The lowest BCUT2D eigenvalue weighted by atomic mass is 9.92. The van der Waals surface area contributed by atoms with Gasteiger partial charge < -0.3 is 10.1 Å². The van der Waals surface area contributed by atoms with Crippen LogP contribution in [-0.4, -0.2) is 19.8 Å². The molecule has 2 nitrogen and oxygen atoms in total. The molecule has 102 valence electrons. The molecule has 0 radical (unpaired) electrons. The van der Waals surface area contributed by atoms with Crippen molar-refractivity contribution in [2.75, 3.05) is 19.8 Å². The third-order valence-corrected chi connectivity index (χ3v) is 5.68. The number of ether oxygens (including phenoxy) is 1. The van der Waals surface area contributed by atoms with Gasteiger partial charge in [0.2, 0.25) is 0 Å². The molecule has 1 aromatic rings. The van der Waals surface area contributed by atoms with Crippen LogP contribution in [-0.2, 0) is 4.74 Å². The van der Waals surface area contributed by atoms with Gasteiger partial charge in [-0.3, -0.25) is 0 Å². The van der Waals surface area contributed by atoms with Crippen molar-refractivity contribution in [2.24, 2.45) is 5.92 Å². The SMILES string of the molecule is CCCNC(c1cc(C)c(Br)s1)C1CCCOC1. The molecule has 0 bridgehead atoms. The highest BCUT2D eigenvalue weighted by molar-refractivity contribution is 9.11. The number of rotatable bonds is 5. The fourth-order valence-corrected chi connectivity index (χ4v) is 4.21. The second-order valence-corrected chi connectivity index (χ2v) is 7.42. The Bertz CT molecular complexity index is 354. The van der Waals surface area contributed by atoms with Crippen LogP contribution in [0.25, 0.3) is 0 Å². The molecule has 0 saturated carbocycles. The molecule has 1 N–H and O–H groups in total. The molecule has 18 heavy (non-hydrogen) atoms. The van der Waals surface area contributed by atoms with Crippen LogP contribution < -0.4 is 5.32 Å². The van der Waals surface area contributed by atoms with Crippen LogP contribution in [0.2, 0.25) is 0 Å². The van der Waals surface area contributed by atoms with Gasteiger partial charge in [-0.05, 0) is 60.3 Å². The van der Waals surface area contributed by atoms with Crippen molar-refractivity contribution < 1.29 is 4.74 Å². The summed E-state index contributed by atoms with van der Waals surface area (Å²) >= 11 is 5.50. The van der Waals surface area contributed by atoms with E-state index in [0.29, 0.717) is 12.0 Å². The first kappa shape index (κ1) is 14.5. The minimum atomic E-state index is 0.459. The van der Waals surface area contributed by atoms with Crippen molar-refractivity contribution in [3.05, 3.63) is 20.3 Å². The summed E-state index contributed by atoms with van der Waals surface area (Å²) in [5, 5.41) is 3.71. The topological polar surface area (TPSA) is 21.3 Å². The van der Waals surface area contributed by atoms with Crippen molar-refractivity contribution in [1.82, 2.24) is 5.32 Å². The molecule has 2 heterocycles. The molecule has 1 aromatic heterocycles. The summed E-state index contributed by atoms with van der Waals surface area (Å²) in [7, 11) is 0. The Morgan fingerprint density at radius 3 is 3.00 bits per heavy atom. The molecular formula is C14H22BrNOS. The van der Waals surface area contributed by atoms with E-state index in [1.807, 2.05) is 11.3 Å². The first-order valence-corrected chi connectivity index (χ1v) is 8.40. The summed E-state index contributed by atoms with van der Waals surface area (Å²) in [4.78, 5) is 1.45. The fourth-order valence-electron chi connectivity index (χ4n) is 2.46. The number of aryl methyl sites for hydroxylation is 1. The van der Waals surface area contributed by atoms with Crippen molar-refractivity contribution in [1.29, 1.82) is 0 Å². The monoisotopic (exact) mass is 331 g/mol. The molecule has 1 aliphatic heterocycles. The highest BCUT2D eigenvalue weighted by atomic mass is 79.9. The van der Waals surface area contributed by atoms with E-state index < -0.39 is 0 Å². The fraction of sp³-hybridized carbons (Fsp3) is 0.714. The molecule has 0 spiro atoms. The highest BCUT2D eigenvalue weighted by Crippen LogP contribution is 2.36. The average molecular weight is 332 g/mol. The maximum Gasteiger partial charge on any atom is 0.0731 e. The van der Waals surface area contributed by atoms with Crippen molar-refractivity contribution in [3.63, 3.8) is 0 Å². The van der Waals surface area contributed by atoms with Gasteiger partial charge in [-0.2, -0.15) is 0 Å². The highest BCUT2D eigenvalue weighted by Gasteiger charge is 2.26. The van der Waals surface area contributed by atoms with Gasteiger partial charge in [0.25, 0.3) is 0 Å². The first-order chi connectivity index (χ1) is 8.72. The molecule has 4 heteroatoms. The zero-order chi connectivity index (χ0) is 13.0. The molecule has 0 amide bonds.